The normalized spacial score (nSPS) is 11.5. The number of rotatable bonds is 10. The summed E-state index contributed by atoms with van der Waals surface area (Å²) >= 11 is 1.29. The topological polar surface area (TPSA) is 93.4 Å². The molecule has 0 atom stereocenters. The molecule has 186 valence electrons. The van der Waals surface area contributed by atoms with Gasteiger partial charge in [0.15, 0.2) is 0 Å². The van der Waals surface area contributed by atoms with E-state index in [1.165, 1.54) is 11.8 Å². The summed E-state index contributed by atoms with van der Waals surface area (Å²) in [5.74, 6) is -0.424. The molecule has 0 bridgehead atoms. The Hall–Kier alpha value is -3.10. The maximum atomic E-state index is 13.2. The molecule has 35 heavy (non-hydrogen) atoms. The van der Waals surface area contributed by atoms with Crippen molar-refractivity contribution in [2.75, 3.05) is 19.0 Å². The predicted octanol–water partition coefficient (Wildman–Crippen LogP) is 5.72. The third kappa shape index (κ3) is 6.32. The smallest absolute Gasteiger partial charge is 0.319 e. The minimum atomic E-state index is -0.935. The highest BCUT2D eigenvalue weighted by Crippen LogP contribution is 2.34. The minimum absolute atomic E-state index is 0.252. The summed E-state index contributed by atoms with van der Waals surface area (Å²) in [6.07, 6.45) is 0.777. The fourth-order valence-electron chi connectivity index (χ4n) is 3.67. The second-order valence-corrected chi connectivity index (χ2v) is 10.8. The van der Waals surface area contributed by atoms with Gasteiger partial charge in [-0.25, -0.2) is 4.98 Å². The SMILES string of the molecule is COCCCn1c(-c2ccc(SC(C)(C)C(=O)O)cc2)nc(C(=O)Nc2cc(C)ccc2C)c1C. The zero-order valence-electron chi connectivity index (χ0n) is 21.1. The maximum absolute atomic E-state index is 13.2. The summed E-state index contributed by atoms with van der Waals surface area (Å²) in [6.45, 7) is 10.5. The summed E-state index contributed by atoms with van der Waals surface area (Å²) in [6, 6.07) is 13.6. The number of nitrogens with zero attached hydrogens (tertiary/aromatic N) is 2. The van der Waals surface area contributed by atoms with Gasteiger partial charge in [-0.15, -0.1) is 11.8 Å². The van der Waals surface area contributed by atoms with Crippen LogP contribution in [0, 0.1) is 20.8 Å². The van der Waals surface area contributed by atoms with Gasteiger partial charge in [0.2, 0.25) is 0 Å². The molecule has 0 spiro atoms. The number of aliphatic carboxylic acids is 1. The second-order valence-electron chi connectivity index (χ2n) is 9.08. The number of thioether (sulfide) groups is 1. The molecule has 2 N–H and O–H groups in total. The molecular formula is C27H33N3O4S. The van der Waals surface area contributed by atoms with E-state index in [0.29, 0.717) is 24.7 Å². The molecule has 8 heteroatoms. The van der Waals surface area contributed by atoms with Gasteiger partial charge >= 0.3 is 5.97 Å². The number of anilines is 1. The van der Waals surface area contributed by atoms with Crippen molar-refractivity contribution in [1.29, 1.82) is 0 Å². The average molecular weight is 496 g/mol. The summed E-state index contributed by atoms with van der Waals surface area (Å²) in [5.41, 5.74) is 4.84. The number of ether oxygens (including phenoxy) is 1. The third-order valence-corrected chi connectivity index (χ3v) is 7.00. The standard InChI is InChI=1S/C27H33N3O4S/c1-17-8-9-18(2)22(16-17)28-25(31)23-19(3)30(14-7-15-34-6)24(29-23)20-10-12-21(13-11-20)35-27(4,5)26(32)33/h8-13,16H,7,14-15H2,1-6H3,(H,28,31)(H,32,33). The number of carbonyl (C=O) groups is 2. The van der Waals surface area contributed by atoms with Crippen LogP contribution < -0.4 is 5.32 Å². The van der Waals surface area contributed by atoms with Crippen molar-refractivity contribution >= 4 is 29.3 Å². The van der Waals surface area contributed by atoms with Crippen molar-refractivity contribution in [2.24, 2.45) is 0 Å². The molecule has 7 nitrogen and oxygen atoms in total. The lowest BCUT2D eigenvalue weighted by Crippen LogP contribution is -2.26. The van der Waals surface area contributed by atoms with Crippen LogP contribution in [0.15, 0.2) is 47.4 Å². The molecular weight excluding hydrogens is 462 g/mol. The van der Waals surface area contributed by atoms with Crippen molar-refractivity contribution in [3.63, 3.8) is 0 Å². The highest BCUT2D eigenvalue weighted by Gasteiger charge is 2.28. The monoisotopic (exact) mass is 495 g/mol. The Labute approximate surface area is 210 Å². The van der Waals surface area contributed by atoms with E-state index in [9.17, 15) is 14.7 Å². The van der Waals surface area contributed by atoms with Crippen molar-refractivity contribution in [2.45, 2.75) is 57.2 Å². The fraction of sp³-hybridized carbons (Fsp3) is 0.370. The Bertz CT molecular complexity index is 1220. The van der Waals surface area contributed by atoms with Crippen LogP contribution in [0.4, 0.5) is 5.69 Å². The number of benzene rings is 2. The van der Waals surface area contributed by atoms with Gasteiger partial charge < -0.3 is 19.7 Å². The first-order valence-electron chi connectivity index (χ1n) is 11.5. The molecule has 0 fully saturated rings. The third-order valence-electron chi connectivity index (χ3n) is 5.81. The van der Waals surface area contributed by atoms with E-state index in [2.05, 4.69) is 5.32 Å². The van der Waals surface area contributed by atoms with Crippen molar-refractivity contribution in [1.82, 2.24) is 9.55 Å². The van der Waals surface area contributed by atoms with Gasteiger partial charge in [0, 0.05) is 42.1 Å². The van der Waals surface area contributed by atoms with E-state index in [1.807, 2.05) is 67.8 Å². The number of nitrogens with one attached hydrogen (secondary N) is 1. The van der Waals surface area contributed by atoms with E-state index in [1.54, 1.807) is 21.0 Å². The number of carboxylic acids is 1. The Kier molecular flexibility index (Phi) is 8.40. The van der Waals surface area contributed by atoms with Crippen LogP contribution in [0.25, 0.3) is 11.4 Å². The highest BCUT2D eigenvalue weighted by molar-refractivity contribution is 8.01. The number of amides is 1. The first kappa shape index (κ1) is 26.5. The van der Waals surface area contributed by atoms with Gasteiger partial charge in [0.1, 0.15) is 16.3 Å². The van der Waals surface area contributed by atoms with Crippen molar-refractivity contribution < 1.29 is 19.4 Å². The Morgan fingerprint density at radius 2 is 1.80 bits per heavy atom. The number of hydrogen-bond donors (Lipinski definition) is 2. The molecule has 3 aromatic rings. The Morgan fingerprint density at radius 1 is 1.11 bits per heavy atom. The minimum Gasteiger partial charge on any atom is -0.480 e. The van der Waals surface area contributed by atoms with E-state index < -0.39 is 10.7 Å². The summed E-state index contributed by atoms with van der Waals surface area (Å²) in [7, 11) is 1.67. The summed E-state index contributed by atoms with van der Waals surface area (Å²) in [5, 5.41) is 12.4. The molecule has 0 saturated heterocycles. The largest absolute Gasteiger partial charge is 0.480 e. The second kappa shape index (κ2) is 11.1. The van der Waals surface area contributed by atoms with E-state index >= 15 is 0 Å². The first-order chi connectivity index (χ1) is 16.5. The predicted molar refractivity (Wildman–Crippen MR) is 140 cm³/mol. The van der Waals surface area contributed by atoms with Crippen LogP contribution >= 0.6 is 11.8 Å². The molecule has 0 unspecified atom stereocenters. The van der Waals surface area contributed by atoms with Crippen LogP contribution in [0.2, 0.25) is 0 Å². The molecule has 0 radical (unpaired) electrons. The zero-order chi connectivity index (χ0) is 25.8. The quantitative estimate of drug-likeness (QED) is 0.276. The van der Waals surface area contributed by atoms with Gasteiger partial charge in [-0.3, -0.25) is 9.59 Å². The van der Waals surface area contributed by atoms with Crippen LogP contribution in [0.1, 0.15) is 47.6 Å². The molecule has 0 aliphatic carbocycles. The number of aryl methyl sites for hydroxylation is 2. The molecule has 1 aromatic heterocycles. The van der Waals surface area contributed by atoms with Crippen LogP contribution in [-0.2, 0) is 16.1 Å². The van der Waals surface area contributed by atoms with Crippen LogP contribution in [-0.4, -0.2) is 45.0 Å². The number of imidazole rings is 1. The summed E-state index contributed by atoms with van der Waals surface area (Å²) < 4.78 is 6.33. The Morgan fingerprint density at radius 3 is 2.43 bits per heavy atom. The maximum Gasteiger partial charge on any atom is 0.319 e. The van der Waals surface area contributed by atoms with E-state index in [-0.39, 0.29) is 5.91 Å². The number of aromatic nitrogens is 2. The van der Waals surface area contributed by atoms with Gasteiger partial charge in [-0.05, 0) is 70.4 Å². The average Bonchev–Trinajstić information content (AvgIpc) is 3.13. The fourth-order valence-corrected chi connectivity index (χ4v) is 4.62. The van der Waals surface area contributed by atoms with Crippen LogP contribution in [0.5, 0.6) is 0 Å². The number of carbonyl (C=O) groups excluding carboxylic acids is 1. The molecule has 3 rings (SSSR count). The Balaban J connectivity index is 1.94. The lowest BCUT2D eigenvalue weighted by molar-refractivity contribution is -0.138. The van der Waals surface area contributed by atoms with E-state index in [0.717, 1.165) is 39.4 Å². The van der Waals surface area contributed by atoms with Gasteiger partial charge in [0.05, 0.1) is 0 Å². The van der Waals surface area contributed by atoms with Crippen molar-refractivity contribution in [3.05, 3.63) is 65.0 Å². The highest BCUT2D eigenvalue weighted by atomic mass is 32.2. The van der Waals surface area contributed by atoms with Crippen LogP contribution in [0.3, 0.4) is 0 Å². The molecule has 0 saturated carbocycles. The molecule has 0 aliphatic heterocycles. The van der Waals surface area contributed by atoms with Gasteiger partial charge in [0.25, 0.3) is 5.91 Å². The molecule has 0 aliphatic rings. The van der Waals surface area contributed by atoms with Gasteiger partial charge in [-0.1, -0.05) is 24.3 Å². The van der Waals surface area contributed by atoms with E-state index in [4.69, 9.17) is 9.72 Å². The molecule has 1 heterocycles. The lowest BCUT2D eigenvalue weighted by Gasteiger charge is -2.18. The van der Waals surface area contributed by atoms with Gasteiger partial charge in [-0.2, -0.15) is 0 Å². The first-order valence-corrected chi connectivity index (χ1v) is 12.3. The summed E-state index contributed by atoms with van der Waals surface area (Å²) in [4.78, 5) is 30.3. The molecule has 1 amide bonds. The number of methoxy groups -OCH3 is 1. The zero-order valence-corrected chi connectivity index (χ0v) is 22.0. The van der Waals surface area contributed by atoms with Crippen molar-refractivity contribution in [3.8, 4) is 11.4 Å². The number of hydrogen-bond acceptors (Lipinski definition) is 5. The lowest BCUT2D eigenvalue weighted by atomic mass is 10.1. The molecule has 2 aromatic carbocycles. The number of carboxylic acid groups (broad SMARTS) is 1.